The van der Waals surface area contributed by atoms with Gasteiger partial charge in [0.05, 0.1) is 0 Å². The Balaban J connectivity index is 1.51. The molecule has 118 valence electrons. The lowest BCUT2D eigenvalue weighted by Crippen LogP contribution is -1.80. The highest BCUT2D eigenvalue weighted by atomic mass is 35.5. The van der Waals surface area contributed by atoms with Crippen LogP contribution in [0.4, 0.5) is 0 Å². The van der Waals surface area contributed by atoms with Crippen LogP contribution in [-0.2, 0) is 11.5 Å². The third-order valence-electron chi connectivity index (χ3n) is 2.94. The first kappa shape index (κ1) is 17.1. The molecule has 1 aromatic heterocycles. The van der Waals surface area contributed by atoms with Crippen molar-refractivity contribution in [3.8, 4) is 0 Å². The number of nitrogens with zero attached hydrogens (tertiary/aromatic N) is 2. The van der Waals surface area contributed by atoms with Gasteiger partial charge in [0.1, 0.15) is 0 Å². The number of hydrogen-bond donors (Lipinski definition) is 0. The number of aromatic nitrogens is 2. The Kier molecular flexibility index (Phi) is 6.25. The first-order valence-corrected chi connectivity index (χ1v) is 10.3. The predicted molar refractivity (Wildman–Crippen MR) is 102 cm³/mol. The Bertz CT molecular complexity index is 694. The van der Waals surface area contributed by atoms with Crippen LogP contribution in [0.1, 0.15) is 11.1 Å². The Morgan fingerprint density at radius 3 is 1.48 bits per heavy atom. The molecule has 0 radical (unpaired) electrons. The molecule has 0 fully saturated rings. The number of hydrogen-bond acceptors (Lipinski definition) is 5. The first-order chi connectivity index (χ1) is 11.2. The van der Waals surface area contributed by atoms with E-state index in [1.54, 1.807) is 34.9 Å². The topological polar surface area (TPSA) is 25.8 Å². The van der Waals surface area contributed by atoms with Crippen LogP contribution in [0.25, 0.3) is 0 Å². The maximum Gasteiger partial charge on any atom is 0.175 e. The summed E-state index contributed by atoms with van der Waals surface area (Å²) in [5.41, 5.74) is 2.45. The molecular formula is C16H12Cl2N2S3. The van der Waals surface area contributed by atoms with E-state index in [4.69, 9.17) is 23.2 Å². The molecule has 0 bridgehead atoms. The van der Waals surface area contributed by atoms with E-state index >= 15 is 0 Å². The van der Waals surface area contributed by atoms with Gasteiger partial charge in [-0.3, -0.25) is 0 Å². The standard InChI is InChI=1S/C16H12Cl2N2S3/c17-13-5-1-11(2-6-13)9-21-15-19-20-16(23-15)22-10-12-3-7-14(18)8-4-12/h1-8H,9-10H2. The van der Waals surface area contributed by atoms with Gasteiger partial charge in [-0.15, -0.1) is 10.2 Å². The van der Waals surface area contributed by atoms with Gasteiger partial charge in [0, 0.05) is 21.6 Å². The second-order valence-electron chi connectivity index (χ2n) is 4.66. The summed E-state index contributed by atoms with van der Waals surface area (Å²) in [7, 11) is 0. The molecule has 0 amide bonds. The normalized spacial score (nSPS) is 10.9. The first-order valence-electron chi connectivity index (χ1n) is 6.77. The van der Waals surface area contributed by atoms with Crippen LogP contribution >= 0.6 is 58.1 Å². The third-order valence-corrected chi connectivity index (χ3v) is 6.78. The summed E-state index contributed by atoms with van der Waals surface area (Å²) in [6.07, 6.45) is 0. The van der Waals surface area contributed by atoms with Crippen LogP contribution in [-0.4, -0.2) is 10.2 Å². The second-order valence-corrected chi connectivity index (χ2v) is 8.96. The lowest BCUT2D eigenvalue weighted by molar-refractivity contribution is 0.954. The minimum Gasteiger partial charge on any atom is -0.131 e. The molecule has 1 heterocycles. The molecule has 0 saturated heterocycles. The summed E-state index contributed by atoms with van der Waals surface area (Å²) < 4.78 is 1.97. The van der Waals surface area contributed by atoms with Crippen molar-refractivity contribution in [2.45, 2.75) is 20.2 Å². The van der Waals surface area contributed by atoms with Gasteiger partial charge in [-0.2, -0.15) is 0 Å². The van der Waals surface area contributed by atoms with Gasteiger partial charge in [0.15, 0.2) is 8.68 Å². The van der Waals surface area contributed by atoms with Gasteiger partial charge >= 0.3 is 0 Å². The van der Waals surface area contributed by atoms with Crippen LogP contribution < -0.4 is 0 Å². The quantitative estimate of drug-likeness (QED) is 0.446. The monoisotopic (exact) mass is 398 g/mol. The van der Waals surface area contributed by atoms with E-state index in [1.165, 1.54) is 11.1 Å². The molecule has 0 saturated carbocycles. The van der Waals surface area contributed by atoms with Crippen LogP contribution in [0.5, 0.6) is 0 Å². The van der Waals surface area contributed by atoms with Crippen molar-refractivity contribution in [1.29, 1.82) is 0 Å². The number of halogens is 2. The van der Waals surface area contributed by atoms with Crippen molar-refractivity contribution in [2.24, 2.45) is 0 Å². The highest BCUT2D eigenvalue weighted by Gasteiger charge is 2.06. The molecule has 7 heteroatoms. The van der Waals surface area contributed by atoms with E-state index in [0.717, 1.165) is 30.2 Å². The molecular weight excluding hydrogens is 387 g/mol. The van der Waals surface area contributed by atoms with Crippen molar-refractivity contribution in [2.75, 3.05) is 0 Å². The maximum absolute atomic E-state index is 5.89. The average molecular weight is 399 g/mol. The van der Waals surface area contributed by atoms with Gasteiger partial charge in [-0.25, -0.2) is 0 Å². The van der Waals surface area contributed by atoms with Crippen molar-refractivity contribution in [3.05, 3.63) is 69.7 Å². The molecule has 0 spiro atoms. The van der Waals surface area contributed by atoms with E-state index in [-0.39, 0.29) is 0 Å². The van der Waals surface area contributed by atoms with E-state index < -0.39 is 0 Å². The van der Waals surface area contributed by atoms with Gasteiger partial charge < -0.3 is 0 Å². The third kappa shape index (κ3) is 5.40. The maximum atomic E-state index is 5.89. The Morgan fingerprint density at radius 1 is 0.696 bits per heavy atom. The van der Waals surface area contributed by atoms with Gasteiger partial charge in [0.2, 0.25) is 0 Å². The summed E-state index contributed by atoms with van der Waals surface area (Å²) in [6.45, 7) is 0. The fourth-order valence-corrected chi connectivity index (χ4v) is 4.95. The number of rotatable bonds is 6. The fraction of sp³-hybridized carbons (Fsp3) is 0.125. The van der Waals surface area contributed by atoms with Crippen molar-refractivity contribution in [1.82, 2.24) is 10.2 Å². The van der Waals surface area contributed by atoms with Crippen LogP contribution in [0, 0.1) is 0 Å². The minimum atomic E-state index is 0.760. The summed E-state index contributed by atoms with van der Waals surface area (Å²) in [5, 5.41) is 10.00. The number of thioether (sulfide) groups is 2. The summed E-state index contributed by atoms with van der Waals surface area (Å²) in [6, 6.07) is 15.8. The van der Waals surface area contributed by atoms with Gasteiger partial charge in [-0.05, 0) is 35.4 Å². The van der Waals surface area contributed by atoms with Crippen LogP contribution in [0.2, 0.25) is 10.0 Å². The zero-order valence-corrected chi connectivity index (χ0v) is 15.9. The van der Waals surface area contributed by atoms with Gasteiger partial charge in [0.25, 0.3) is 0 Å². The number of benzene rings is 2. The molecule has 2 nitrogen and oxygen atoms in total. The fourth-order valence-electron chi connectivity index (χ4n) is 1.77. The minimum absolute atomic E-state index is 0.760. The Labute approximate surface area is 157 Å². The molecule has 0 aliphatic heterocycles. The molecule has 3 aromatic rings. The second kappa shape index (κ2) is 8.40. The van der Waals surface area contributed by atoms with E-state index in [9.17, 15) is 0 Å². The Hall–Kier alpha value is -0.720. The van der Waals surface area contributed by atoms with Crippen LogP contribution in [0.15, 0.2) is 57.2 Å². The molecule has 3 rings (SSSR count). The van der Waals surface area contributed by atoms with Crippen LogP contribution in [0.3, 0.4) is 0 Å². The summed E-state index contributed by atoms with van der Waals surface area (Å²) in [5.74, 6) is 1.74. The molecule has 0 aliphatic carbocycles. The summed E-state index contributed by atoms with van der Waals surface area (Å²) >= 11 is 16.8. The van der Waals surface area contributed by atoms with Crippen molar-refractivity contribution in [3.63, 3.8) is 0 Å². The van der Waals surface area contributed by atoms with Crippen molar-refractivity contribution < 1.29 is 0 Å². The zero-order chi connectivity index (χ0) is 16.1. The Morgan fingerprint density at radius 2 is 1.09 bits per heavy atom. The largest absolute Gasteiger partial charge is 0.175 e. The zero-order valence-electron chi connectivity index (χ0n) is 11.9. The molecule has 2 aromatic carbocycles. The molecule has 0 unspecified atom stereocenters. The van der Waals surface area contributed by atoms with E-state index in [1.807, 2.05) is 48.5 Å². The highest BCUT2D eigenvalue weighted by Crippen LogP contribution is 2.32. The lowest BCUT2D eigenvalue weighted by atomic mass is 10.2. The molecule has 0 atom stereocenters. The lowest BCUT2D eigenvalue weighted by Gasteiger charge is -1.99. The smallest absolute Gasteiger partial charge is 0.131 e. The molecule has 0 N–H and O–H groups in total. The average Bonchev–Trinajstić information content (AvgIpc) is 3.02. The van der Waals surface area contributed by atoms with Gasteiger partial charge in [-0.1, -0.05) is 82.3 Å². The molecule has 0 aliphatic rings. The predicted octanol–water partition coefficient (Wildman–Crippen LogP) is 6.43. The van der Waals surface area contributed by atoms with E-state index in [2.05, 4.69) is 10.2 Å². The van der Waals surface area contributed by atoms with Crippen molar-refractivity contribution >= 4 is 58.1 Å². The highest BCUT2D eigenvalue weighted by molar-refractivity contribution is 8.02. The summed E-state index contributed by atoms with van der Waals surface area (Å²) in [4.78, 5) is 0. The van der Waals surface area contributed by atoms with E-state index in [0.29, 0.717) is 0 Å². The molecule has 23 heavy (non-hydrogen) atoms. The SMILES string of the molecule is Clc1ccc(CSc2nnc(SCc3ccc(Cl)cc3)s2)cc1.